The second-order valence-corrected chi connectivity index (χ2v) is 8.09. The molecule has 1 amide bonds. The molecule has 1 saturated heterocycles. The first-order chi connectivity index (χ1) is 10.9. The van der Waals surface area contributed by atoms with Crippen molar-refractivity contribution >= 4 is 15.9 Å². The van der Waals surface area contributed by atoms with Crippen LogP contribution in [0.25, 0.3) is 0 Å². The van der Waals surface area contributed by atoms with E-state index >= 15 is 0 Å². The Morgan fingerprint density at radius 2 is 1.83 bits per heavy atom. The number of piperidine rings is 1. The summed E-state index contributed by atoms with van der Waals surface area (Å²) in [5, 5.41) is 2.80. The van der Waals surface area contributed by atoms with Gasteiger partial charge in [-0.05, 0) is 51.2 Å². The highest BCUT2D eigenvalue weighted by molar-refractivity contribution is 7.89. The molecule has 0 unspecified atom stereocenters. The van der Waals surface area contributed by atoms with Crippen molar-refractivity contribution < 1.29 is 13.2 Å². The van der Waals surface area contributed by atoms with Crippen molar-refractivity contribution in [1.82, 2.24) is 9.62 Å². The Bertz CT molecular complexity index is 618. The van der Waals surface area contributed by atoms with Gasteiger partial charge in [-0.1, -0.05) is 17.7 Å². The molecule has 128 valence electrons. The van der Waals surface area contributed by atoms with Crippen molar-refractivity contribution in [2.45, 2.75) is 44.4 Å². The summed E-state index contributed by atoms with van der Waals surface area (Å²) in [6.07, 6.45) is 3.02. The van der Waals surface area contributed by atoms with Gasteiger partial charge in [-0.25, -0.2) is 8.42 Å². The van der Waals surface area contributed by atoms with E-state index in [1.807, 2.05) is 26.0 Å². The fourth-order valence-electron chi connectivity index (χ4n) is 2.92. The molecule has 0 spiro atoms. The number of benzene rings is 1. The molecule has 0 aromatic heterocycles. The van der Waals surface area contributed by atoms with Crippen LogP contribution in [-0.4, -0.2) is 38.3 Å². The lowest BCUT2D eigenvalue weighted by atomic mass is 9.93. The van der Waals surface area contributed by atoms with E-state index in [1.54, 1.807) is 16.4 Å². The molecule has 2 rings (SSSR count). The molecule has 1 aromatic rings. The lowest BCUT2D eigenvalue weighted by Gasteiger charge is -2.31. The number of aryl methyl sites for hydroxylation is 1. The molecule has 0 aliphatic carbocycles. The summed E-state index contributed by atoms with van der Waals surface area (Å²) in [6, 6.07) is 7.00. The predicted octanol–water partition coefficient (Wildman–Crippen LogP) is 2.31. The van der Waals surface area contributed by atoms with Crippen LogP contribution in [0.5, 0.6) is 0 Å². The molecule has 1 heterocycles. The van der Waals surface area contributed by atoms with Gasteiger partial charge in [-0.15, -0.1) is 0 Å². The molecule has 5 nitrogen and oxygen atoms in total. The van der Waals surface area contributed by atoms with E-state index in [0.717, 1.165) is 24.8 Å². The molecule has 1 fully saturated rings. The Hall–Kier alpha value is -1.40. The van der Waals surface area contributed by atoms with E-state index in [4.69, 9.17) is 0 Å². The molecule has 0 bridgehead atoms. The van der Waals surface area contributed by atoms with Gasteiger partial charge in [0.2, 0.25) is 15.9 Å². The van der Waals surface area contributed by atoms with E-state index < -0.39 is 10.0 Å². The van der Waals surface area contributed by atoms with Gasteiger partial charge in [0.15, 0.2) is 0 Å². The minimum Gasteiger partial charge on any atom is -0.356 e. The summed E-state index contributed by atoms with van der Waals surface area (Å²) in [5.74, 6) is 0.518. The van der Waals surface area contributed by atoms with Crippen molar-refractivity contribution in [3.8, 4) is 0 Å². The van der Waals surface area contributed by atoms with E-state index in [-0.39, 0.29) is 5.91 Å². The minimum atomic E-state index is -3.39. The van der Waals surface area contributed by atoms with Crippen molar-refractivity contribution in [3.63, 3.8) is 0 Å². The van der Waals surface area contributed by atoms with E-state index in [0.29, 0.717) is 36.9 Å². The van der Waals surface area contributed by atoms with E-state index in [2.05, 4.69) is 5.32 Å². The van der Waals surface area contributed by atoms with Crippen LogP contribution < -0.4 is 5.32 Å². The Balaban J connectivity index is 1.88. The highest BCUT2D eigenvalue weighted by Crippen LogP contribution is 2.26. The molecule has 1 N–H and O–H groups in total. The van der Waals surface area contributed by atoms with Crippen LogP contribution >= 0.6 is 0 Å². The van der Waals surface area contributed by atoms with Crippen LogP contribution in [0.15, 0.2) is 29.2 Å². The Morgan fingerprint density at radius 1 is 1.22 bits per heavy atom. The summed E-state index contributed by atoms with van der Waals surface area (Å²) < 4.78 is 26.8. The van der Waals surface area contributed by atoms with Crippen molar-refractivity contribution in [1.29, 1.82) is 0 Å². The van der Waals surface area contributed by atoms with Gasteiger partial charge < -0.3 is 5.32 Å². The third-order valence-electron chi connectivity index (χ3n) is 4.39. The van der Waals surface area contributed by atoms with Gasteiger partial charge in [-0.2, -0.15) is 4.31 Å². The van der Waals surface area contributed by atoms with Gasteiger partial charge >= 0.3 is 0 Å². The third kappa shape index (κ3) is 4.78. The zero-order valence-corrected chi connectivity index (χ0v) is 14.7. The maximum absolute atomic E-state index is 12.6. The van der Waals surface area contributed by atoms with Gasteiger partial charge in [0, 0.05) is 26.1 Å². The second kappa shape index (κ2) is 7.93. The molecule has 1 aliphatic heterocycles. The highest BCUT2D eigenvalue weighted by atomic mass is 32.2. The van der Waals surface area contributed by atoms with Crippen molar-refractivity contribution in [3.05, 3.63) is 29.8 Å². The number of carbonyl (C=O) groups excluding carboxylic acids is 1. The average Bonchev–Trinajstić information content (AvgIpc) is 2.54. The fraction of sp³-hybridized carbons (Fsp3) is 0.588. The molecular formula is C17H26N2O3S. The highest BCUT2D eigenvalue weighted by Gasteiger charge is 2.29. The molecular weight excluding hydrogens is 312 g/mol. The Labute approximate surface area is 139 Å². The standard InChI is InChI=1S/C17H26N2O3S/c1-3-18-17(20)9-6-15-10-12-19(13-11-15)23(21,22)16-7-4-14(2)5-8-16/h4-5,7-8,15H,3,6,9-13H2,1-2H3,(H,18,20). The maximum atomic E-state index is 12.6. The van der Waals surface area contributed by atoms with Crippen LogP contribution in [0.3, 0.4) is 0 Å². The third-order valence-corrected chi connectivity index (χ3v) is 6.30. The lowest BCUT2D eigenvalue weighted by Crippen LogP contribution is -2.38. The molecule has 1 aromatic carbocycles. The number of carbonyl (C=O) groups is 1. The van der Waals surface area contributed by atoms with Crippen molar-refractivity contribution in [2.24, 2.45) is 5.92 Å². The van der Waals surface area contributed by atoms with Gasteiger partial charge in [0.1, 0.15) is 0 Å². The molecule has 0 radical (unpaired) electrons. The summed E-state index contributed by atoms with van der Waals surface area (Å²) in [7, 11) is -3.39. The van der Waals surface area contributed by atoms with Crippen LogP contribution in [0.1, 0.15) is 38.2 Å². The summed E-state index contributed by atoms with van der Waals surface area (Å²) in [4.78, 5) is 11.9. The van der Waals surface area contributed by atoms with Crippen LogP contribution in [0.2, 0.25) is 0 Å². The minimum absolute atomic E-state index is 0.0854. The largest absolute Gasteiger partial charge is 0.356 e. The smallest absolute Gasteiger partial charge is 0.243 e. The first-order valence-corrected chi connectivity index (χ1v) is 9.71. The molecule has 6 heteroatoms. The maximum Gasteiger partial charge on any atom is 0.243 e. The fourth-order valence-corrected chi connectivity index (χ4v) is 4.39. The van der Waals surface area contributed by atoms with Gasteiger partial charge in [0.05, 0.1) is 4.90 Å². The number of rotatable bonds is 6. The first kappa shape index (κ1) is 17.9. The summed E-state index contributed by atoms with van der Waals surface area (Å²) in [6.45, 7) is 5.58. The monoisotopic (exact) mass is 338 g/mol. The number of nitrogens with zero attached hydrogens (tertiary/aromatic N) is 1. The number of sulfonamides is 1. The van der Waals surface area contributed by atoms with E-state index in [1.165, 1.54) is 0 Å². The topological polar surface area (TPSA) is 66.5 Å². The van der Waals surface area contributed by atoms with Crippen molar-refractivity contribution in [2.75, 3.05) is 19.6 Å². The number of hydrogen-bond donors (Lipinski definition) is 1. The SMILES string of the molecule is CCNC(=O)CCC1CCN(S(=O)(=O)c2ccc(C)cc2)CC1. The molecule has 0 atom stereocenters. The van der Waals surface area contributed by atoms with Gasteiger partial charge in [-0.3, -0.25) is 4.79 Å². The zero-order chi connectivity index (χ0) is 16.9. The predicted molar refractivity (Wildman–Crippen MR) is 90.6 cm³/mol. The molecule has 23 heavy (non-hydrogen) atoms. The second-order valence-electron chi connectivity index (χ2n) is 6.15. The normalized spacial score (nSPS) is 17.1. The number of amides is 1. The van der Waals surface area contributed by atoms with E-state index in [9.17, 15) is 13.2 Å². The number of hydrogen-bond acceptors (Lipinski definition) is 3. The average molecular weight is 338 g/mol. The Morgan fingerprint density at radius 3 is 2.39 bits per heavy atom. The van der Waals surface area contributed by atoms with Crippen LogP contribution in [0.4, 0.5) is 0 Å². The zero-order valence-electron chi connectivity index (χ0n) is 13.9. The summed E-state index contributed by atoms with van der Waals surface area (Å²) in [5.41, 5.74) is 1.05. The van der Waals surface area contributed by atoms with Gasteiger partial charge in [0.25, 0.3) is 0 Å². The van der Waals surface area contributed by atoms with Crippen LogP contribution in [0, 0.1) is 12.8 Å². The molecule has 1 aliphatic rings. The molecule has 0 saturated carbocycles. The quantitative estimate of drug-likeness (QED) is 0.865. The first-order valence-electron chi connectivity index (χ1n) is 8.27. The summed E-state index contributed by atoms with van der Waals surface area (Å²) >= 11 is 0. The van der Waals surface area contributed by atoms with Crippen LogP contribution in [-0.2, 0) is 14.8 Å². The lowest BCUT2D eigenvalue weighted by molar-refractivity contribution is -0.121. The Kier molecular flexibility index (Phi) is 6.18. The number of nitrogens with one attached hydrogen (secondary N) is 1.